The number of nitro benzene ring substituents is 1. The van der Waals surface area contributed by atoms with Crippen molar-refractivity contribution in [1.82, 2.24) is 5.32 Å². The Hall–Kier alpha value is -2.74. The van der Waals surface area contributed by atoms with Crippen LogP contribution in [0.2, 0.25) is 0 Å². The van der Waals surface area contributed by atoms with E-state index in [1.807, 2.05) is 6.92 Å². The average Bonchev–Trinajstić information content (AvgIpc) is 3.09. The Morgan fingerprint density at radius 2 is 2.08 bits per heavy atom. The fourth-order valence-electron chi connectivity index (χ4n) is 2.10. The maximum Gasteiger partial charge on any atom is 0.274 e. The second-order valence-electron chi connectivity index (χ2n) is 5.12. The standard InChI is InChI=1S/C16H17N3O4S/c1-3-11-6-7-12(9-13(11)19(22)23)18-15(20)10(2)17-16(21)14-5-4-8-24-14/h4-10H,3H2,1-2H3,(H,17,21)(H,18,20). The minimum Gasteiger partial charge on any atom is -0.340 e. The van der Waals surface area contributed by atoms with Crippen molar-refractivity contribution in [2.75, 3.05) is 5.32 Å². The molecule has 2 N–H and O–H groups in total. The number of hydrogen-bond donors (Lipinski definition) is 2. The number of nitrogens with one attached hydrogen (secondary N) is 2. The van der Waals surface area contributed by atoms with Gasteiger partial charge in [0.15, 0.2) is 0 Å². The lowest BCUT2D eigenvalue weighted by Gasteiger charge is -2.14. The Balaban J connectivity index is 2.04. The van der Waals surface area contributed by atoms with Crippen LogP contribution in [-0.4, -0.2) is 22.8 Å². The molecule has 24 heavy (non-hydrogen) atoms. The van der Waals surface area contributed by atoms with Crippen molar-refractivity contribution < 1.29 is 14.5 Å². The number of benzene rings is 1. The molecule has 2 rings (SSSR count). The molecule has 2 aromatic rings. The first-order valence-electron chi connectivity index (χ1n) is 7.35. The number of nitro groups is 1. The van der Waals surface area contributed by atoms with Gasteiger partial charge in [0.05, 0.1) is 9.80 Å². The highest BCUT2D eigenvalue weighted by Gasteiger charge is 2.19. The molecule has 1 aromatic heterocycles. The summed E-state index contributed by atoms with van der Waals surface area (Å²) in [6, 6.07) is 7.19. The van der Waals surface area contributed by atoms with Crippen LogP contribution in [0.25, 0.3) is 0 Å². The van der Waals surface area contributed by atoms with Crippen molar-refractivity contribution in [3.05, 3.63) is 56.3 Å². The first-order chi connectivity index (χ1) is 11.4. The smallest absolute Gasteiger partial charge is 0.274 e. The van der Waals surface area contributed by atoms with Crippen LogP contribution in [-0.2, 0) is 11.2 Å². The second kappa shape index (κ2) is 7.69. The molecule has 0 aliphatic carbocycles. The first kappa shape index (κ1) is 17.6. The van der Waals surface area contributed by atoms with Crippen molar-refractivity contribution in [2.45, 2.75) is 26.3 Å². The predicted octanol–water partition coefficient (Wildman–Crippen LogP) is 2.98. The first-order valence-corrected chi connectivity index (χ1v) is 8.23. The highest BCUT2D eigenvalue weighted by molar-refractivity contribution is 7.12. The summed E-state index contributed by atoms with van der Waals surface area (Å²) in [7, 11) is 0. The molecule has 0 aliphatic rings. The molecule has 8 heteroatoms. The zero-order valence-corrected chi connectivity index (χ0v) is 14.1. The molecular formula is C16H17N3O4S. The van der Waals surface area contributed by atoms with Gasteiger partial charge < -0.3 is 10.6 Å². The summed E-state index contributed by atoms with van der Waals surface area (Å²) in [4.78, 5) is 35.2. The molecule has 0 saturated heterocycles. The predicted molar refractivity (Wildman–Crippen MR) is 92.4 cm³/mol. The molecule has 1 heterocycles. The quantitative estimate of drug-likeness (QED) is 0.619. The maximum atomic E-state index is 12.2. The number of thiophene rings is 1. The zero-order valence-electron chi connectivity index (χ0n) is 13.2. The highest BCUT2D eigenvalue weighted by Crippen LogP contribution is 2.23. The lowest BCUT2D eigenvalue weighted by Crippen LogP contribution is -2.41. The van der Waals surface area contributed by atoms with Crippen LogP contribution >= 0.6 is 11.3 Å². The van der Waals surface area contributed by atoms with E-state index in [4.69, 9.17) is 0 Å². The number of aryl methyl sites for hydroxylation is 1. The van der Waals surface area contributed by atoms with E-state index < -0.39 is 16.9 Å². The highest BCUT2D eigenvalue weighted by atomic mass is 32.1. The topological polar surface area (TPSA) is 101 Å². The largest absolute Gasteiger partial charge is 0.340 e. The number of anilines is 1. The fourth-order valence-corrected chi connectivity index (χ4v) is 2.73. The second-order valence-corrected chi connectivity index (χ2v) is 6.06. The van der Waals surface area contributed by atoms with Crippen LogP contribution in [0.4, 0.5) is 11.4 Å². The van der Waals surface area contributed by atoms with Gasteiger partial charge in [-0.15, -0.1) is 11.3 Å². The molecule has 0 saturated carbocycles. The SMILES string of the molecule is CCc1ccc(NC(=O)C(C)NC(=O)c2cccs2)cc1[N+](=O)[O-]. The van der Waals surface area contributed by atoms with E-state index in [9.17, 15) is 19.7 Å². The van der Waals surface area contributed by atoms with E-state index in [1.165, 1.54) is 17.4 Å². The van der Waals surface area contributed by atoms with Crippen LogP contribution in [0.5, 0.6) is 0 Å². The van der Waals surface area contributed by atoms with Crippen LogP contribution in [0, 0.1) is 10.1 Å². The molecule has 7 nitrogen and oxygen atoms in total. The van der Waals surface area contributed by atoms with Gasteiger partial charge in [-0.2, -0.15) is 0 Å². The summed E-state index contributed by atoms with van der Waals surface area (Å²) in [5.74, 6) is -0.779. The van der Waals surface area contributed by atoms with E-state index in [1.54, 1.807) is 36.6 Å². The van der Waals surface area contributed by atoms with Gasteiger partial charge in [0.2, 0.25) is 5.91 Å². The summed E-state index contributed by atoms with van der Waals surface area (Å²) < 4.78 is 0. The fraction of sp³-hybridized carbons (Fsp3) is 0.250. The number of carbonyl (C=O) groups is 2. The minimum atomic E-state index is -0.774. The lowest BCUT2D eigenvalue weighted by molar-refractivity contribution is -0.385. The van der Waals surface area contributed by atoms with Crippen molar-refractivity contribution in [1.29, 1.82) is 0 Å². The molecule has 126 valence electrons. The molecule has 0 spiro atoms. The van der Waals surface area contributed by atoms with E-state index in [0.29, 0.717) is 22.5 Å². The Morgan fingerprint density at radius 1 is 1.33 bits per heavy atom. The minimum absolute atomic E-state index is 0.0365. The van der Waals surface area contributed by atoms with Crippen LogP contribution in [0.1, 0.15) is 29.1 Å². The molecule has 1 unspecified atom stereocenters. The van der Waals surface area contributed by atoms with E-state index in [0.717, 1.165) is 0 Å². The molecule has 0 bridgehead atoms. The molecule has 2 amide bonds. The van der Waals surface area contributed by atoms with Crippen molar-refractivity contribution in [3.63, 3.8) is 0 Å². The molecule has 0 radical (unpaired) electrons. The number of hydrogen-bond acceptors (Lipinski definition) is 5. The Bertz CT molecular complexity index is 759. The average molecular weight is 347 g/mol. The summed E-state index contributed by atoms with van der Waals surface area (Å²) >= 11 is 1.28. The van der Waals surface area contributed by atoms with Crippen molar-refractivity contribution in [2.24, 2.45) is 0 Å². The van der Waals surface area contributed by atoms with Gasteiger partial charge in [-0.3, -0.25) is 19.7 Å². The lowest BCUT2D eigenvalue weighted by atomic mass is 10.1. The van der Waals surface area contributed by atoms with Crippen LogP contribution in [0.3, 0.4) is 0 Å². The van der Waals surface area contributed by atoms with E-state index in [-0.39, 0.29) is 11.6 Å². The number of amides is 2. The Kier molecular flexibility index (Phi) is 5.64. The van der Waals surface area contributed by atoms with Gasteiger partial charge in [0.25, 0.3) is 11.6 Å². The monoisotopic (exact) mass is 347 g/mol. The third-order valence-electron chi connectivity index (χ3n) is 3.42. The number of rotatable bonds is 6. The van der Waals surface area contributed by atoms with Gasteiger partial charge in [-0.05, 0) is 30.9 Å². The summed E-state index contributed by atoms with van der Waals surface area (Å²) in [5, 5.41) is 18.0. The Labute approximate surface area is 142 Å². The van der Waals surface area contributed by atoms with Crippen LogP contribution < -0.4 is 10.6 Å². The zero-order chi connectivity index (χ0) is 17.7. The van der Waals surface area contributed by atoms with E-state index >= 15 is 0 Å². The third-order valence-corrected chi connectivity index (χ3v) is 4.28. The number of carbonyl (C=O) groups excluding carboxylic acids is 2. The van der Waals surface area contributed by atoms with Gasteiger partial charge in [0.1, 0.15) is 6.04 Å². The summed E-state index contributed by atoms with van der Waals surface area (Å²) in [6.07, 6.45) is 0.526. The number of nitrogens with zero attached hydrogens (tertiary/aromatic N) is 1. The van der Waals surface area contributed by atoms with Crippen molar-refractivity contribution >= 4 is 34.5 Å². The van der Waals surface area contributed by atoms with Gasteiger partial charge in [0, 0.05) is 17.3 Å². The molecule has 0 fully saturated rings. The normalized spacial score (nSPS) is 11.6. The molecular weight excluding hydrogens is 330 g/mol. The van der Waals surface area contributed by atoms with Gasteiger partial charge in [-0.25, -0.2) is 0 Å². The van der Waals surface area contributed by atoms with E-state index in [2.05, 4.69) is 10.6 Å². The third kappa shape index (κ3) is 4.17. The molecule has 1 atom stereocenters. The summed E-state index contributed by atoms with van der Waals surface area (Å²) in [5.41, 5.74) is 0.878. The molecule has 1 aromatic carbocycles. The summed E-state index contributed by atoms with van der Waals surface area (Å²) in [6.45, 7) is 3.37. The van der Waals surface area contributed by atoms with Crippen molar-refractivity contribution in [3.8, 4) is 0 Å². The molecule has 0 aliphatic heterocycles. The van der Waals surface area contributed by atoms with Gasteiger partial charge >= 0.3 is 0 Å². The van der Waals surface area contributed by atoms with Gasteiger partial charge in [-0.1, -0.05) is 19.1 Å². The van der Waals surface area contributed by atoms with Crippen LogP contribution in [0.15, 0.2) is 35.7 Å². The Morgan fingerprint density at radius 3 is 2.67 bits per heavy atom. The maximum absolute atomic E-state index is 12.2.